The molecule has 2 rings (SSSR count). The average Bonchev–Trinajstić information content (AvgIpc) is 2.18. The molecule has 1 aliphatic rings. The smallest absolute Gasteiger partial charge is 0.387 e. The largest absolute Gasteiger partial charge is 0.435 e. The molecule has 16 heavy (non-hydrogen) atoms. The number of benzene rings is 1. The second kappa shape index (κ2) is 4.08. The Kier molecular flexibility index (Phi) is 2.77. The van der Waals surface area contributed by atoms with Crippen molar-refractivity contribution in [2.45, 2.75) is 26.0 Å². The Morgan fingerprint density at radius 3 is 2.94 bits per heavy atom. The van der Waals surface area contributed by atoms with Crippen LogP contribution >= 0.6 is 0 Å². The fraction of sp³-hybridized carbons (Fsp3) is 0.364. The molecule has 1 amide bonds. The lowest BCUT2D eigenvalue weighted by Gasteiger charge is -2.24. The quantitative estimate of drug-likeness (QED) is 0.838. The summed E-state index contributed by atoms with van der Waals surface area (Å²) in [6.45, 7) is -1.05. The predicted molar refractivity (Wildman–Crippen MR) is 53.7 cm³/mol. The molecule has 1 aliphatic heterocycles. The highest BCUT2D eigenvalue weighted by Crippen LogP contribution is 2.28. The lowest BCUT2D eigenvalue weighted by molar-refractivity contribution is -0.0506. The third-order valence-electron chi connectivity index (χ3n) is 2.48. The molecule has 0 bridgehead atoms. The van der Waals surface area contributed by atoms with Gasteiger partial charge in [-0.15, -0.1) is 0 Å². The van der Waals surface area contributed by atoms with E-state index in [0.29, 0.717) is 17.5 Å². The van der Waals surface area contributed by atoms with E-state index < -0.39 is 6.61 Å². The summed E-state index contributed by atoms with van der Waals surface area (Å²) in [7, 11) is 0. The van der Waals surface area contributed by atoms with Gasteiger partial charge in [0.1, 0.15) is 5.75 Å². The van der Waals surface area contributed by atoms with Crippen LogP contribution in [0.5, 0.6) is 5.75 Å². The lowest BCUT2D eigenvalue weighted by Crippen LogP contribution is -2.39. The number of alkyl halides is 2. The van der Waals surface area contributed by atoms with Crippen molar-refractivity contribution in [1.82, 2.24) is 5.32 Å². The highest BCUT2D eigenvalue weighted by atomic mass is 19.3. The van der Waals surface area contributed by atoms with Crippen molar-refractivity contribution < 1.29 is 18.3 Å². The van der Waals surface area contributed by atoms with Crippen LogP contribution in [0.25, 0.3) is 0 Å². The molecule has 1 unspecified atom stereocenters. The fourth-order valence-electron chi connectivity index (χ4n) is 1.85. The molecule has 3 nitrogen and oxygen atoms in total. The first-order valence-electron chi connectivity index (χ1n) is 4.95. The number of rotatable bonds is 2. The zero-order valence-corrected chi connectivity index (χ0v) is 8.67. The molecule has 0 fully saturated rings. The predicted octanol–water partition coefficient (Wildman–Crippen LogP) is 1.96. The van der Waals surface area contributed by atoms with Gasteiger partial charge in [-0.05, 0) is 25.5 Å². The summed E-state index contributed by atoms with van der Waals surface area (Å²) in [4.78, 5) is 11.6. The molecule has 0 aliphatic carbocycles. The summed E-state index contributed by atoms with van der Waals surface area (Å²) < 4.78 is 28.7. The Morgan fingerprint density at radius 1 is 1.50 bits per heavy atom. The normalized spacial score (nSPS) is 19.2. The van der Waals surface area contributed by atoms with Gasteiger partial charge in [0.05, 0.1) is 0 Å². The van der Waals surface area contributed by atoms with Crippen molar-refractivity contribution in [2.75, 3.05) is 0 Å². The van der Waals surface area contributed by atoms with Crippen LogP contribution in [-0.2, 0) is 6.42 Å². The highest BCUT2D eigenvalue weighted by molar-refractivity contribution is 5.97. The number of fused-ring (bicyclic) bond motifs is 1. The second-order valence-corrected chi connectivity index (χ2v) is 3.74. The summed E-state index contributed by atoms with van der Waals surface area (Å²) >= 11 is 0. The summed E-state index contributed by atoms with van der Waals surface area (Å²) in [5, 5.41) is 2.73. The van der Waals surface area contributed by atoms with E-state index in [1.165, 1.54) is 12.1 Å². The zero-order chi connectivity index (χ0) is 11.7. The third-order valence-corrected chi connectivity index (χ3v) is 2.48. The van der Waals surface area contributed by atoms with E-state index in [1.54, 1.807) is 6.07 Å². The monoisotopic (exact) mass is 227 g/mol. The van der Waals surface area contributed by atoms with E-state index >= 15 is 0 Å². The first-order chi connectivity index (χ1) is 7.58. The Morgan fingerprint density at radius 2 is 2.25 bits per heavy atom. The molecule has 0 aromatic heterocycles. The minimum atomic E-state index is -2.87. The lowest BCUT2D eigenvalue weighted by atomic mass is 9.95. The van der Waals surface area contributed by atoms with E-state index in [2.05, 4.69) is 10.1 Å². The maximum atomic E-state index is 12.2. The van der Waals surface area contributed by atoms with E-state index in [9.17, 15) is 13.6 Å². The van der Waals surface area contributed by atoms with Crippen LogP contribution in [0.3, 0.4) is 0 Å². The molecule has 0 spiro atoms. The standard InChI is InChI=1S/C11H11F2NO2/c1-6-5-8-7(10(15)14-6)3-2-4-9(8)16-11(12)13/h2-4,6,11H,5H2,1H3,(H,14,15). The van der Waals surface area contributed by atoms with Gasteiger partial charge >= 0.3 is 6.61 Å². The van der Waals surface area contributed by atoms with Gasteiger partial charge in [0, 0.05) is 17.2 Å². The van der Waals surface area contributed by atoms with Gasteiger partial charge in [0.15, 0.2) is 0 Å². The first-order valence-corrected chi connectivity index (χ1v) is 4.95. The first kappa shape index (κ1) is 10.9. The van der Waals surface area contributed by atoms with Gasteiger partial charge in [-0.3, -0.25) is 4.79 Å². The molecule has 86 valence electrons. The van der Waals surface area contributed by atoms with Crippen LogP contribution in [0.4, 0.5) is 8.78 Å². The van der Waals surface area contributed by atoms with Gasteiger partial charge in [-0.1, -0.05) is 6.07 Å². The van der Waals surface area contributed by atoms with Crippen LogP contribution < -0.4 is 10.1 Å². The van der Waals surface area contributed by atoms with E-state index in [1.807, 2.05) is 6.92 Å². The summed E-state index contributed by atoms with van der Waals surface area (Å²) in [5.41, 5.74) is 0.968. The number of carbonyl (C=O) groups excluding carboxylic acids is 1. The number of amides is 1. The number of hydrogen-bond acceptors (Lipinski definition) is 2. The fourth-order valence-corrected chi connectivity index (χ4v) is 1.85. The Balaban J connectivity index is 2.41. The Bertz CT molecular complexity index is 420. The van der Waals surface area contributed by atoms with Gasteiger partial charge in [0.25, 0.3) is 5.91 Å². The SMILES string of the molecule is CC1Cc2c(OC(F)F)cccc2C(=O)N1. The molecule has 0 saturated carbocycles. The second-order valence-electron chi connectivity index (χ2n) is 3.74. The van der Waals surface area contributed by atoms with E-state index in [-0.39, 0.29) is 17.7 Å². The summed E-state index contributed by atoms with van der Waals surface area (Å²) in [6, 6.07) is 4.53. The third kappa shape index (κ3) is 1.98. The summed E-state index contributed by atoms with van der Waals surface area (Å²) in [5.74, 6) is -0.150. The molecule has 1 heterocycles. The molecule has 0 radical (unpaired) electrons. The maximum Gasteiger partial charge on any atom is 0.387 e. The minimum Gasteiger partial charge on any atom is -0.435 e. The Labute approximate surface area is 91.4 Å². The van der Waals surface area contributed by atoms with Crippen molar-refractivity contribution in [3.05, 3.63) is 29.3 Å². The number of nitrogens with one attached hydrogen (secondary N) is 1. The molecule has 1 aromatic rings. The molecular formula is C11H11F2NO2. The molecule has 1 atom stereocenters. The van der Waals surface area contributed by atoms with E-state index in [0.717, 1.165) is 0 Å². The van der Waals surface area contributed by atoms with Crippen LogP contribution in [0, 0.1) is 0 Å². The minimum absolute atomic E-state index is 0.0672. The molecule has 1 aromatic carbocycles. The number of hydrogen-bond donors (Lipinski definition) is 1. The summed E-state index contributed by atoms with van der Waals surface area (Å²) in [6.07, 6.45) is 0.504. The van der Waals surface area contributed by atoms with Crippen LogP contribution in [0.1, 0.15) is 22.8 Å². The number of ether oxygens (including phenoxy) is 1. The van der Waals surface area contributed by atoms with Crippen LogP contribution in [0.2, 0.25) is 0 Å². The molecule has 0 saturated heterocycles. The van der Waals surface area contributed by atoms with Crippen LogP contribution in [0.15, 0.2) is 18.2 Å². The molecule has 1 N–H and O–H groups in total. The molecule has 5 heteroatoms. The van der Waals surface area contributed by atoms with Crippen molar-refractivity contribution in [3.8, 4) is 5.75 Å². The van der Waals surface area contributed by atoms with Gasteiger partial charge < -0.3 is 10.1 Å². The molecular weight excluding hydrogens is 216 g/mol. The van der Waals surface area contributed by atoms with Gasteiger partial charge in [0.2, 0.25) is 0 Å². The van der Waals surface area contributed by atoms with Crippen molar-refractivity contribution >= 4 is 5.91 Å². The average molecular weight is 227 g/mol. The van der Waals surface area contributed by atoms with E-state index in [4.69, 9.17) is 0 Å². The zero-order valence-electron chi connectivity index (χ0n) is 8.67. The highest BCUT2D eigenvalue weighted by Gasteiger charge is 2.25. The maximum absolute atomic E-state index is 12.2. The number of halogens is 2. The van der Waals surface area contributed by atoms with Gasteiger partial charge in [-0.25, -0.2) is 0 Å². The van der Waals surface area contributed by atoms with Gasteiger partial charge in [-0.2, -0.15) is 8.78 Å². The topological polar surface area (TPSA) is 38.3 Å². The number of carbonyl (C=O) groups is 1. The van der Waals surface area contributed by atoms with Crippen molar-refractivity contribution in [3.63, 3.8) is 0 Å². The van der Waals surface area contributed by atoms with Crippen LogP contribution in [-0.4, -0.2) is 18.6 Å². The van der Waals surface area contributed by atoms with Crippen molar-refractivity contribution in [1.29, 1.82) is 0 Å². The Hall–Kier alpha value is -1.65. The van der Waals surface area contributed by atoms with Crippen molar-refractivity contribution in [2.24, 2.45) is 0 Å².